The molecule has 2 aromatic carbocycles. The second kappa shape index (κ2) is 8.35. The number of carbonyl (C=O) groups excluding carboxylic acids is 1. The summed E-state index contributed by atoms with van der Waals surface area (Å²) in [6, 6.07) is 14.5. The molecular weight excluding hydrogens is 301 g/mol. The van der Waals surface area contributed by atoms with Gasteiger partial charge in [0, 0.05) is 18.2 Å². The summed E-state index contributed by atoms with van der Waals surface area (Å²) in [5.41, 5.74) is 1.47. The molecule has 4 heteroatoms. The first-order valence-corrected chi connectivity index (χ1v) is 7.48. The molecule has 0 saturated heterocycles. The Kier molecular flexibility index (Phi) is 6.16. The molecule has 2 nitrogen and oxygen atoms in total. The molecule has 22 heavy (non-hydrogen) atoms. The molecule has 2 rings (SSSR count). The summed E-state index contributed by atoms with van der Waals surface area (Å²) in [7, 11) is 0. The first-order chi connectivity index (χ1) is 10.7. The fraction of sp³-hybridized carbons (Fsp3) is 0.167. The molecule has 0 aliphatic carbocycles. The summed E-state index contributed by atoms with van der Waals surface area (Å²) < 4.78 is 13.5. The van der Waals surface area contributed by atoms with Crippen LogP contribution in [-0.2, 0) is 11.2 Å². The van der Waals surface area contributed by atoms with E-state index in [0.29, 0.717) is 6.54 Å². The van der Waals surface area contributed by atoms with E-state index in [4.69, 9.17) is 11.6 Å². The molecule has 0 aliphatic rings. The molecule has 0 unspecified atom stereocenters. The molecular formula is C18H17ClFNO. The van der Waals surface area contributed by atoms with E-state index in [-0.39, 0.29) is 16.5 Å². The lowest BCUT2D eigenvalue weighted by Crippen LogP contribution is -2.22. The van der Waals surface area contributed by atoms with Crippen molar-refractivity contribution < 1.29 is 9.18 Å². The highest BCUT2D eigenvalue weighted by molar-refractivity contribution is 6.32. The molecule has 0 aromatic heterocycles. The van der Waals surface area contributed by atoms with Crippen LogP contribution in [0.1, 0.15) is 17.5 Å². The van der Waals surface area contributed by atoms with E-state index in [1.165, 1.54) is 29.8 Å². The molecule has 0 aliphatic heterocycles. The van der Waals surface area contributed by atoms with E-state index in [1.54, 1.807) is 6.07 Å². The zero-order valence-electron chi connectivity index (χ0n) is 12.1. The average molecular weight is 318 g/mol. The molecule has 0 saturated carbocycles. The maximum atomic E-state index is 13.5. The maximum Gasteiger partial charge on any atom is 0.244 e. The zero-order chi connectivity index (χ0) is 15.8. The van der Waals surface area contributed by atoms with Gasteiger partial charge in [-0.3, -0.25) is 4.79 Å². The third kappa shape index (κ3) is 5.01. The largest absolute Gasteiger partial charge is 0.353 e. The van der Waals surface area contributed by atoms with Crippen molar-refractivity contribution in [2.75, 3.05) is 6.54 Å². The maximum absolute atomic E-state index is 13.5. The van der Waals surface area contributed by atoms with Crippen molar-refractivity contribution in [1.82, 2.24) is 5.32 Å². The lowest BCUT2D eigenvalue weighted by molar-refractivity contribution is -0.116. The molecule has 0 heterocycles. The van der Waals surface area contributed by atoms with Crippen LogP contribution >= 0.6 is 11.6 Å². The molecule has 0 bridgehead atoms. The highest BCUT2D eigenvalue weighted by atomic mass is 35.5. The molecule has 0 fully saturated rings. The molecule has 0 radical (unpaired) electrons. The van der Waals surface area contributed by atoms with Gasteiger partial charge in [0.15, 0.2) is 0 Å². The number of benzene rings is 2. The average Bonchev–Trinajstić information content (AvgIpc) is 2.52. The van der Waals surface area contributed by atoms with Gasteiger partial charge in [-0.25, -0.2) is 4.39 Å². The van der Waals surface area contributed by atoms with Crippen molar-refractivity contribution >= 4 is 23.6 Å². The van der Waals surface area contributed by atoms with E-state index in [1.807, 2.05) is 18.2 Å². The summed E-state index contributed by atoms with van der Waals surface area (Å²) in [6.07, 6.45) is 4.45. The molecule has 1 amide bonds. The molecule has 1 N–H and O–H groups in total. The van der Waals surface area contributed by atoms with Gasteiger partial charge < -0.3 is 5.32 Å². The fourth-order valence-corrected chi connectivity index (χ4v) is 2.26. The van der Waals surface area contributed by atoms with Crippen molar-refractivity contribution in [1.29, 1.82) is 0 Å². The second-order valence-corrected chi connectivity index (χ2v) is 5.26. The first kappa shape index (κ1) is 16.2. The highest BCUT2D eigenvalue weighted by Gasteiger charge is 2.03. The van der Waals surface area contributed by atoms with E-state index >= 15 is 0 Å². The van der Waals surface area contributed by atoms with Crippen LogP contribution in [0.5, 0.6) is 0 Å². The van der Waals surface area contributed by atoms with Crippen LogP contribution in [0.15, 0.2) is 54.6 Å². The molecule has 0 atom stereocenters. The number of carbonyl (C=O) groups is 1. The molecule has 2 aromatic rings. The van der Waals surface area contributed by atoms with Crippen LogP contribution < -0.4 is 5.32 Å². The normalized spacial score (nSPS) is 10.8. The predicted octanol–water partition coefficient (Wildman–Crippen LogP) is 4.24. The first-order valence-electron chi connectivity index (χ1n) is 7.10. The van der Waals surface area contributed by atoms with Crippen molar-refractivity contribution in [2.24, 2.45) is 0 Å². The summed E-state index contributed by atoms with van der Waals surface area (Å²) in [6.45, 7) is 0.572. The van der Waals surface area contributed by atoms with Crippen LogP contribution in [0, 0.1) is 5.82 Å². The number of hydrogen-bond acceptors (Lipinski definition) is 1. The van der Waals surface area contributed by atoms with E-state index in [9.17, 15) is 9.18 Å². The minimum absolute atomic E-state index is 0.226. The van der Waals surface area contributed by atoms with Gasteiger partial charge in [0.05, 0.1) is 5.02 Å². The minimum atomic E-state index is -0.444. The van der Waals surface area contributed by atoms with Crippen LogP contribution in [0.4, 0.5) is 4.39 Å². The number of hydrogen-bond donors (Lipinski definition) is 1. The van der Waals surface area contributed by atoms with Crippen LogP contribution in [-0.4, -0.2) is 12.5 Å². The Hall–Kier alpha value is -2.13. The smallest absolute Gasteiger partial charge is 0.244 e. The lowest BCUT2D eigenvalue weighted by atomic mass is 10.1. The van der Waals surface area contributed by atoms with Crippen molar-refractivity contribution in [3.8, 4) is 0 Å². The van der Waals surface area contributed by atoms with Crippen molar-refractivity contribution in [2.45, 2.75) is 12.8 Å². The zero-order valence-corrected chi connectivity index (χ0v) is 12.8. The second-order valence-electron chi connectivity index (χ2n) is 4.85. The number of amides is 1. The third-order valence-corrected chi connectivity index (χ3v) is 3.51. The lowest BCUT2D eigenvalue weighted by Gasteiger charge is -2.03. The minimum Gasteiger partial charge on any atom is -0.353 e. The Morgan fingerprint density at radius 3 is 2.64 bits per heavy atom. The number of halogens is 2. The van der Waals surface area contributed by atoms with E-state index in [2.05, 4.69) is 17.4 Å². The Labute approximate surface area is 134 Å². The van der Waals surface area contributed by atoms with Gasteiger partial charge in [-0.2, -0.15) is 0 Å². The third-order valence-electron chi connectivity index (χ3n) is 3.19. The van der Waals surface area contributed by atoms with Gasteiger partial charge >= 0.3 is 0 Å². The number of rotatable bonds is 6. The van der Waals surface area contributed by atoms with Gasteiger partial charge in [0.1, 0.15) is 5.82 Å². The van der Waals surface area contributed by atoms with Crippen molar-refractivity contribution in [3.63, 3.8) is 0 Å². The topological polar surface area (TPSA) is 29.1 Å². The van der Waals surface area contributed by atoms with Gasteiger partial charge in [0.2, 0.25) is 5.91 Å². The highest BCUT2D eigenvalue weighted by Crippen LogP contribution is 2.20. The van der Waals surface area contributed by atoms with Crippen LogP contribution in [0.25, 0.3) is 6.08 Å². The number of aryl methyl sites for hydroxylation is 1. The van der Waals surface area contributed by atoms with Crippen molar-refractivity contribution in [3.05, 3.63) is 76.6 Å². The summed E-state index contributed by atoms with van der Waals surface area (Å²) >= 11 is 5.88. The predicted molar refractivity (Wildman–Crippen MR) is 88.2 cm³/mol. The number of nitrogens with one attached hydrogen (secondary N) is 1. The van der Waals surface area contributed by atoms with E-state index < -0.39 is 5.82 Å². The Bertz CT molecular complexity index is 635. The van der Waals surface area contributed by atoms with Gasteiger partial charge in [-0.15, -0.1) is 0 Å². The van der Waals surface area contributed by atoms with Gasteiger partial charge in [-0.05, 0) is 36.6 Å². The SMILES string of the molecule is O=C(/C=C/c1c(F)cccc1Cl)NCCCc1ccccc1. The fourth-order valence-electron chi connectivity index (χ4n) is 2.04. The molecule has 0 spiro atoms. The summed E-state index contributed by atoms with van der Waals surface area (Å²) in [5.74, 6) is -0.701. The van der Waals surface area contributed by atoms with E-state index in [0.717, 1.165) is 12.8 Å². The quantitative estimate of drug-likeness (QED) is 0.626. The Balaban J connectivity index is 1.77. The van der Waals surface area contributed by atoms with Crippen LogP contribution in [0.2, 0.25) is 5.02 Å². The van der Waals surface area contributed by atoms with Crippen LogP contribution in [0.3, 0.4) is 0 Å². The Morgan fingerprint density at radius 2 is 1.91 bits per heavy atom. The van der Waals surface area contributed by atoms with Gasteiger partial charge in [0.25, 0.3) is 0 Å². The Morgan fingerprint density at radius 1 is 1.14 bits per heavy atom. The monoisotopic (exact) mass is 317 g/mol. The van der Waals surface area contributed by atoms with Gasteiger partial charge in [-0.1, -0.05) is 48.0 Å². The summed E-state index contributed by atoms with van der Waals surface area (Å²) in [4.78, 5) is 11.7. The standard InChI is InChI=1S/C18H17ClFNO/c19-16-9-4-10-17(20)15(16)11-12-18(22)21-13-5-8-14-6-2-1-3-7-14/h1-4,6-7,9-12H,5,8,13H2,(H,21,22)/b12-11+. The molecule has 114 valence electrons. The summed E-state index contributed by atoms with van der Waals surface area (Å²) in [5, 5.41) is 3.06.